The second-order valence-corrected chi connectivity index (χ2v) is 20.9. The van der Waals surface area contributed by atoms with Crippen molar-refractivity contribution < 1.29 is 52.2 Å². The number of carbonyl (C=O) groups is 3. The average molecular weight is 1080 g/mol. The van der Waals surface area contributed by atoms with Crippen LogP contribution in [-0.4, -0.2) is 66.5 Å². The number of hydrogen-bond acceptors (Lipinski definition) is 10. The maximum absolute atomic E-state index is 12.9. The van der Waals surface area contributed by atoms with Gasteiger partial charge in [-0.15, -0.1) is 0 Å². The normalized spacial score (nSPS) is 14.1. The van der Waals surface area contributed by atoms with E-state index in [0.29, 0.717) is 19.3 Å². The lowest BCUT2D eigenvalue weighted by Gasteiger charge is -2.21. The monoisotopic (exact) mass is 1080 g/mol. The van der Waals surface area contributed by atoms with Gasteiger partial charge >= 0.3 is 25.7 Å². The minimum atomic E-state index is -4.78. The van der Waals surface area contributed by atoms with Gasteiger partial charge < -0.3 is 24.2 Å². The van der Waals surface area contributed by atoms with Crippen LogP contribution in [0.3, 0.4) is 0 Å². The molecule has 0 saturated carbocycles. The average Bonchev–Trinajstić information content (AvgIpc) is 3.41. The Balaban J connectivity index is 4.82. The summed E-state index contributed by atoms with van der Waals surface area (Å²) >= 11 is 0. The zero-order valence-electron chi connectivity index (χ0n) is 47.9. The van der Waals surface area contributed by atoms with Gasteiger partial charge in [-0.25, -0.2) is 4.57 Å². The number of ether oxygens (including phenoxy) is 3. The maximum atomic E-state index is 12.9. The van der Waals surface area contributed by atoms with Crippen LogP contribution in [0.25, 0.3) is 0 Å². The molecule has 0 saturated heterocycles. The van der Waals surface area contributed by atoms with Crippen molar-refractivity contribution in [1.82, 2.24) is 0 Å². The van der Waals surface area contributed by atoms with Crippen LogP contribution in [0.4, 0.5) is 0 Å². The molecule has 3 unspecified atom stereocenters. The highest BCUT2D eigenvalue weighted by Crippen LogP contribution is 2.43. The number of phosphoric ester groups is 1. The number of rotatable bonds is 54. The Morgan fingerprint density at radius 3 is 1.17 bits per heavy atom. The van der Waals surface area contributed by atoms with Crippen LogP contribution in [0.5, 0.6) is 0 Å². The van der Waals surface area contributed by atoms with Crippen LogP contribution in [0, 0.1) is 0 Å². The zero-order valence-corrected chi connectivity index (χ0v) is 48.8. The quantitative estimate of drug-likeness (QED) is 0.0197. The highest BCUT2D eigenvalue weighted by atomic mass is 31.2. The number of unbranched alkanes of at least 4 members (excludes halogenated alkanes) is 20. The van der Waals surface area contributed by atoms with E-state index in [2.05, 4.69) is 106 Å². The van der Waals surface area contributed by atoms with Crippen LogP contribution >= 0.6 is 7.82 Å². The molecule has 0 fully saturated rings. The number of aliphatic hydroxyl groups excluding tert-OH is 1. The van der Waals surface area contributed by atoms with Crippen molar-refractivity contribution in [1.29, 1.82) is 0 Å². The largest absolute Gasteiger partial charge is 0.472 e. The van der Waals surface area contributed by atoms with Crippen molar-refractivity contribution in [2.45, 2.75) is 251 Å². The van der Waals surface area contributed by atoms with Crippen LogP contribution in [0.1, 0.15) is 239 Å². The van der Waals surface area contributed by atoms with Crippen LogP contribution < -0.4 is 0 Å². The van der Waals surface area contributed by atoms with Gasteiger partial charge in [0.05, 0.1) is 26.2 Å². The summed E-state index contributed by atoms with van der Waals surface area (Å²) in [6.07, 6.45) is 69.3. The van der Waals surface area contributed by atoms with E-state index in [0.717, 1.165) is 96.3 Å². The molecular weight excluding hydrogens is 976 g/mol. The summed E-state index contributed by atoms with van der Waals surface area (Å²) in [7, 11) is -4.78. The van der Waals surface area contributed by atoms with Gasteiger partial charge in [0, 0.05) is 12.8 Å². The van der Waals surface area contributed by atoms with Gasteiger partial charge in [-0.2, -0.15) is 0 Å². The molecule has 76 heavy (non-hydrogen) atoms. The molecule has 0 aromatic carbocycles. The van der Waals surface area contributed by atoms with Gasteiger partial charge in [-0.1, -0.05) is 226 Å². The maximum Gasteiger partial charge on any atom is 0.472 e. The van der Waals surface area contributed by atoms with E-state index in [1.807, 2.05) is 18.2 Å². The lowest BCUT2D eigenvalue weighted by molar-refractivity contribution is -0.161. The molecule has 0 aliphatic rings. The molecule has 0 rings (SSSR count). The number of aliphatic hydroxyl groups is 1. The SMILES string of the molecule is CC/C=C\C/C=C\C/C=C\C/C=C\C/C=C\CC(=O)OC(CO)COP(=O)(O)OCC(COC(=O)CCCCCCC/C=C\C/C=C\C/C=C\CC)OC(=O)CCCCCCCCCCC/C=C\CCCCCCCC. The smallest absolute Gasteiger partial charge is 0.462 e. The van der Waals surface area contributed by atoms with Gasteiger partial charge in [0.2, 0.25) is 0 Å². The fraction of sp³-hybridized carbons (Fsp3) is 0.672. The Morgan fingerprint density at radius 1 is 0.395 bits per heavy atom. The summed E-state index contributed by atoms with van der Waals surface area (Å²) in [5.74, 6) is -1.63. The molecule has 12 heteroatoms. The Bertz CT molecular complexity index is 1690. The Morgan fingerprint density at radius 2 is 0.737 bits per heavy atom. The number of esters is 3. The Hall–Kier alpha value is -3.86. The lowest BCUT2D eigenvalue weighted by Crippen LogP contribution is -2.30. The summed E-state index contributed by atoms with van der Waals surface area (Å²) in [5, 5.41) is 9.80. The fourth-order valence-corrected chi connectivity index (χ4v) is 8.52. The lowest BCUT2D eigenvalue weighted by atomic mass is 10.1. The first-order chi connectivity index (χ1) is 37.2. The molecule has 0 aliphatic heterocycles. The van der Waals surface area contributed by atoms with Crippen molar-refractivity contribution >= 4 is 25.7 Å². The van der Waals surface area contributed by atoms with E-state index in [1.165, 1.54) is 83.5 Å². The molecule has 3 atom stereocenters. The third-order valence-corrected chi connectivity index (χ3v) is 13.1. The van der Waals surface area contributed by atoms with Crippen molar-refractivity contribution in [3.8, 4) is 0 Å². The highest BCUT2D eigenvalue weighted by Gasteiger charge is 2.28. The number of phosphoric acid groups is 1. The van der Waals surface area contributed by atoms with Gasteiger partial charge in [-0.3, -0.25) is 23.4 Å². The highest BCUT2D eigenvalue weighted by molar-refractivity contribution is 7.47. The van der Waals surface area contributed by atoms with E-state index < -0.39 is 57.8 Å². The van der Waals surface area contributed by atoms with Crippen molar-refractivity contribution in [3.63, 3.8) is 0 Å². The second-order valence-electron chi connectivity index (χ2n) is 19.4. The molecular formula is C64H107O11P. The minimum Gasteiger partial charge on any atom is -0.462 e. The third kappa shape index (κ3) is 54.9. The second kappa shape index (κ2) is 57.3. The molecule has 0 bridgehead atoms. The standard InChI is InChI=1S/C64H107O11P/c1-4-7-10-13-16-19-22-25-28-29-30-31-34-37-40-43-46-49-52-55-64(68)75-61(57-71-62(66)53-50-47-44-41-38-35-32-26-23-20-17-14-11-8-5-2)59-73-76(69,70)72-58-60(56-65)74-63(67)54-51-48-45-42-39-36-33-27-24-21-18-15-12-9-6-3/h8-9,11-12,17-18,20-21,25-28,32-33,39,42,48,51,60-61,65H,4-7,10,13-16,19,22-24,29-31,34-38,40-41,43-47,49-50,52-59H2,1-3H3,(H,69,70)/b11-8-,12-9-,20-17-,21-18-,28-25-,32-26-,33-27-,42-39-,51-48-. The number of allylic oxidation sites excluding steroid dienone is 17. The summed E-state index contributed by atoms with van der Waals surface area (Å²) in [5.41, 5.74) is 0. The molecule has 0 amide bonds. The van der Waals surface area contributed by atoms with Crippen LogP contribution in [-0.2, 0) is 42.2 Å². The van der Waals surface area contributed by atoms with E-state index in [9.17, 15) is 28.9 Å². The fourth-order valence-electron chi connectivity index (χ4n) is 7.73. The van der Waals surface area contributed by atoms with Crippen molar-refractivity contribution in [2.24, 2.45) is 0 Å². The van der Waals surface area contributed by atoms with E-state index in [-0.39, 0.29) is 25.9 Å². The van der Waals surface area contributed by atoms with Crippen molar-refractivity contribution in [2.75, 3.05) is 26.4 Å². The van der Waals surface area contributed by atoms with E-state index >= 15 is 0 Å². The molecule has 0 radical (unpaired) electrons. The van der Waals surface area contributed by atoms with Gasteiger partial charge in [-0.05, 0) is 103 Å². The van der Waals surface area contributed by atoms with Crippen molar-refractivity contribution in [3.05, 3.63) is 109 Å². The minimum absolute atomic E-state index is 0.0603. The number of hydrogen-bond donors (Lipinski definition) is 2. The molecule has 0 aromatic heterocycles. The van der Waals surface area contributed by atoms with Gasteiger partial charge in [0.15, 0.2) is 6.10 Å². The summed E-state index contributed by atoms with van der Waals surface area (Å²) in [6.45, 7) is 4.29. The molecule has 11 nitrogen and oxygen atoms in total. The third-order valence-electron chi connectivity index (χ3n) is 12.2. The van der Waals surface area contributed by atoms with Gasteiger partial charge in [0.1, 0.15) is 12.7 Å². The van der Waals surface area contributed by atoms with E-state index in [1.54, 1.807) is 6.08 Å². The Labute approximate surface area is 463 Å². The molecule has 2 N–H and O–H groups in total. The summed E-state index contributed by atoms with van der Waals surface area (Å²) in [4.78, 5) is 48.5. The molecule has 0 aliphatic carbocycles. The summed E-state index contributed by atoms with van der Waals surface area (Å²) < 4.78 is 39.4. The first kappa shape index (κ1) is 72.1. The zero-order chi connectivity index (χ0) is 55.5. The van der Waals surface area contributed by atoms with Crippen LogP contribution in [0.15, 0.2) is 109 Å². The molecule has 0 spiro atoms. The number of carbonyl (C=O) groups excluding carboxylic acids is 3. The summed E-state index contributed by atoms with van der Waals surface area (Å²) in [6, 6.07) is 0. The Kier molecular flexibility index (Phi) is 54.4. The van der Waals surface area contributed by atoms with Crippen LogP contribution in [0.2, 0.25) is 0 Å². The van der Waals surface area contributed by atoms with Gasteiger partial charge in [0.25, 0.3) is 0 Å². The topological polar surface area (TPSA) is 155 Å². The first-order valence-corrected chi connectivity index (χ1v) is 31.3. The predicted molar refractivity (Wildman–Crippen MR) is 316 cm³/mol. The molecule has 0 heterocycles. The first-order valence-electron chi connectivity index (χ1n) is 29.8. The predicted octanol–water partition coefficient (Wildman–Crippen LogP) is 17.8. The van der Waals surface area contributed by atoms with E-state index in [4.69, 9.17) is 23.3 Å². The molecule has 434 valence electrons. The molecule has 0 aromatic rings.